The summed E-state index contributed by atoms with van der Waals surface area (Å²) in [5.41, 5.74) is 0.496. The largest absolute Gasteiger partial charge is 0.484 e. The van der Waals surface area contributed by atoms with Crippen molar-refractivity contribution in [3.63, 3.8) is 0 Å². The molecule has 0 aliphatic heterocycles. The van der Waals surface area contributed by atoms with Crippen molar-refractivity contribution in [2.24, 2.45) is 0 Å². The minimum atomic E-state index is -3.82. The Morgan fingerprint density at radius 2 is 1.84 bits per heavy atom. The number of thiocarbonyl (C=S) groups is 1. The number of ether oxygens (including phenoxy) is 1. The molecule has 12 heteroatoms. The summed E-state index contributed by atoms with van der Waals surface area (Å²) in [6.45, 7) is 1.44. The van der Waals surface area contributed by atoms with Crippen LogP contribution in [0.25, 0.3) is 0 Å². The lowest BCUT2D eigenvalue weighted by Gasteiger charge is -2.11. The fourth-order valence-electron chi connectivity index (χ4n) is 2.33. The van der Waals surface area contributed by atoms with Crippen molar-refractivity contribution < 1.29 is 22.5 Å². The van der Waals surface area contributed by atoms with E-state index in [0.717, 1.165) is 4.47 Å². The van der Waals surface area contributed by atoms with Crippen LogP contribution in [-0.2, 0) is 14.8 Å². The molecule has 0 aliphatic rings. The molecule has 2 aromatic carbocycles. The molecule has 0 bridgehead atoms. The Balaban J connectivity index is 1.51. The molecule has 0 saturated heterocycles. The smallest absolute Gasteiger partial charge is 0.264 e. The van der Waals surface area contributed by atoms with E-state index in [1.165, 1.54) is 30.3 Å². The quantitative estimate of drug-likeness (QED) is 0.401. The lowest BCUT2D eigenvalue weighted by Crippen LogP contribution is -2.37. The summed E-state index contributed by atoms with van der Waals surface area (Å²) in [7, 11) is -3.82. The van der Waals surface area contributed by atoms with Crippen LogP contribution in [0.1, 0.15) is 5.76 Å². The first-order valence-corrected chi connectivity index (χ1v) is 11.4. The van der Waals surface area contributed by atoms with Gasteiger partial charge in [0.1, 0.15) is 11.5 Å². The van der Waals surface area contributed by atoms with Gasteiger partial charge < -0.3 is 14.6 Å². The van der Waals surface area contributed by atoms with Gasteiger partial charge in [-0.1, -0.05) is 21.1 Å². The van der Waals surface area contributed by atoms with Crippen LogP contribution in [0.5, 0.6) is 5.75 Å². The Bertz CT molecular complexity index is 1180. The number of carbonyl (C=O) groups excluding carboxylic acids is 1. The number of carbonyl (C=O) groups is 1. The zero-order valence-corrected chi connectivity index (χ0v) is 19.3. The summed E-state index contributed by atoms with van der Waals surface area (Å²) < 4.78 is 38.2. The van der Waals surface area contributed by atoms with E-state index in [1.54, 1.807) is 31.2 Å². The van der Waals surface area contributed by atoms with E-state index < -0.39 is 15.9 Å². The standard InChI is InChI=1S/C19H17BrN4O5S2/c1-12-10-17(23-29-12)24-31(26,27)16-8-4-14(5-9-16)21-19(30)22-18(25)11-28-15-6-2-13(20)3-7-15/h2-10H,11H2,1H3,(H,23,24)(H2,21,22,25,30). The summed E-state index contributed by atoms with van der Waals surface area (Å²) in [5.74, 6) is 0.680. The normalized spacial score (nSPS) is 10.9. The highest BCUT2D eigenvalue weighted by Gasteiger charge is 2.16. The number of hydrogen-bond acceptors (Lipinski definition) is 7. The number of benzene rings is 2. The lowest BCUT2D eigenvalue weighted by molar-refractivity contribution is -0.121. The summed E-state index contributed by atoms with van der Waals surface area (Å²) >= 11 is 8.42. The van der Waals surface area contributed by atoms with E-state index in [0.29, 0.717) is 17.2 Å². The van der Waals surface area contributed by atoms with Crippen LogP contribution in [0, 0.1) is 6.92 Å². The van der Waals surface area contributed by atoms with Gasteiger partial charge in [0, 0.05) is 16.2 Å². The van der Waals surface area contributed by atoms with Gasteiger partial charge >= 0.3 is 0 Å². The molecular formula is C19H17BrN4O5S2. The number of nitrogens with zero attached hydrogens (tertiary/aromatic N) is 1. The van der Waals surface area contributed by atoms with Gasteiger partial charge in [-0.15, -0.1) is 0 Å². The van der Waals surface area contributed by atoms with E-state index in [4.69, 9.17) is 21.5 Å². The van der Waals surface area contributed by atoms with Crippen molar-refractivity contribution in [3.8, 4) is 5.75 Å². The number of hydrogen-bond donors (Lipinski definition) is 3. The number of sulfonamides is 1. The highest BCUT2D eigenvalue weighted by Crippen LogP contribution is 2.18. The number of aromatic nitrogens is 1. The Morgan fingerprint density at radius 3 is 2.45 bits per heavy atom. The van der Waals surface area contributed by atoms with Crippen LogP contribution in [0.4, 0.5) is 11.5 Å². The molecule has 9 nitrogen and oxygen atoms in total. The van der Waals surface area contributed by atoms with Crippen molar-refractivity contribution in [1.82, 2.24) is 10.5 Å². The Kier molecular flexibility index (Phi) is 7.25. The van der Waals surface area contributed by atoms with Crippen LogP contribution in [0.3, 0.4) is 0 Å². The molecular weight excluding hydrogens is 508 g/mol. The molecule has 0 radical (unpaired) electrons. The van der Waals surface area contributed by atoms with Gasteiger partial charge in [-0.2, -0.15) is 0 Å². The maximum atomic E-state index is 12.4. The topological polar surface area (TPSA) is 123 Å². The zero-order chi connectivity index (χ0) is 22.4. The number of nitrogens with one attached hydrogen (secondary N) is 3. The molecule has 162 valence electrons. The first kappa shape index (κ1) is 22.7. The van der Waals surface area contributed by atoms with Crippen molar-refractivity contribution in [2.75, 3.05) is 16.6 Å². The first-order valence-electron chi connectivity index (χ1n) is 8.77. The fourth-order valence-corrected chi connectivity index (χ4v) is 3.81. The molecule has 0 unspecified atom stereocenters. The second kappa shape index (κ2) is 9.90. The second-order valence-electron chi connectivity index (χ2n) is 6.20. The third-order valence-electron chi connectivity index (χ3n) is 3.73. The molecule has 31 heavy (non-hydrogen) atoms. The van der Waals surface area contributed by atoms with Crippen LogP contribution >= 0.6 is 28.1 Å². The van der Waals surface area contributed by atoms with Crippen molar-refractivity contribution in [1.29, 1.82) is 0 Å². The molecule has 0 spiro atoms. The molecule has 0 saturated carbocycles. The number of rotatable bonds is 7. The Labute approximate surface area is 192 Å². The first-order chi connectivity index (χ1) is 14.7. The Morgan fingerprint density at radius 1 is 1.16 bits per heavy atom. The molecule has 0 aliphatic carbocycles. The van der Waals surface area contributed by atoms with Crippen molar-refractivity contribution in [2.45, 2.75) is 11.8 Å². The summed E-state index contributed by atoms with van der Waals surface area (Å²) in [6.07, 6.45) is 0. The average Bonchev–Trinajstić information content (AvgIpc) is 3.11. The van der Waals surface area contributed by atoms with E-state index in [9.17, 15) is 13.2 Å². The number of aryl methyl sites for hydroxylation is 1. The molecule has 3 N–H and O–H groups in total. The Hall–Kier alpha value is -2.96. The van der Waals surface area contributed by atoms with Gasteiger partial charge in [0.2, 0.25) is 0 Å². The summed E-state index contributed by atoms with van der Waals surface area (Å²) in [6, 6.07) is 14.3. The second-order valence-corrected chi connectivity index (χ2v) is 9.20. The highest BCUT2D eigenvalue weighted by atomic mass is 79.9. The van der Waals surface area contributed by atoms with E-state index >= 15 is 0 Å². The molecule has 3 aromatic rings. The number of anilines is 2. The van der Waals surface area contributed by atoms with Gasteiger partial charge in [0.05, 0.1) is 4.90 Å². The molecule has 1 aromatic heterocycles. The summed E-state index contributed by atoms with van der Waals surface area (Å²) in [4.78, 5) is 12.0. The van der Waals surface area contributed by atoms with E-state index in [1.807, 2.05) is 0 Å². The highest BCUT2D eigenvalue weighted by molar-refractivity contribution is 9.10. The number of amides is 1. The van der Waals surface area contributed by atoms with Gasteiger partial charge in [-0.05, 0) is 67.7 Å². The minimum absolute atomic E-state index is 0.0246. The van der Waals surface area contributed by atoms with Gasteiger partial charge in [0.15, 0.2) is 17.5 Å². The predicted molar refractivity (Wildman–Crippen MR) is 122 cm³/mol. The van der Waals surface area contributed by atoms with Gasteiger partial charge in [-0.3, -0.25) is 14.8 Å². The molecule has 1 heterocycles. The third-order valence-corrected chi connectivity index (χ3v) is 5.83. The molecule has 0 fully saturated rings. The van der Waals surface area contributed by atoms with Crippen LogP contribution in [0.2, 0.25) is 0 Å². The summed E-state index contributed by atoms with van der Waals surface area (Å²) in [5, 5.41) is 8.95. The maximum absolute atomic E-state index is 12.4. The lowest BCUT2D eigenvalue weighted by atomic mass is 10.3. The van der Waals surface area contributed by atoms with Crippen LogP contribution < -0.4 is 20.1 Å². The fraction of sp³-hybridized carbons (Fsp3) is 0.105. The maximum Gasteiger partial charge on any atom is 0.264 e. The van der Waals surface area contributed by atoms with Gasteiger partial charge in [-0.25, -0.2) is 8.42 Å². The van der Waals surface area contributed by atoms with E-state index in [-0.39, 0.29) is 22.4 Å². The average molecular weight is 525 g/mol. The monoisotopic (exact) mass is 524 g/mol. The van der Waals surface area contributed by atoms with Crippen LogP contribution in [-0.4, -0.2) is 31.2 Å². The number of halogens is 1. The predicted octanol–water partition coefficient (Wildman–Crippen LogP) is 3.44. The van der Waals surface area contributed by atoms with Crippen molar-refractivity contribution >= 4 is 60.7 Å². The zero-order valence-electron chi connectivity index (χ0n) is 16.1. The molecule has 1 amide bonds. The van der Waals surface area contributed by atoms with Crippen LogP contribution in [0.15, 0.2) is 68.5 Å². The molecule has 3 rings (SSSR count). The molecule has 0 atom stereocenters. The third kappa shape index (κ3) is 6.77. The van der Waals surface area contributed by atoms with Crippen molar-refractivity contribution in [3.05, 3.63) is 64.8 Å². The SMILES string of the molecule is Cc1cc(NS(=O)(=O)c2ccc(NC(=S)NC(=O)COc3ccc(Br)cc3)cc2)no1. The van der Waals surface area contributed by atoms with E-state index in [2.05, 4.69) is 36.4 Å². The van der Waals surface area contributed by atoms with Gasteiger partial charge in [0.25, 0.3) is 15.9 Å². The minimum Gasteiger partial charge on any atom is -0.484 e.